The maximum absolute atomic E-state index is 13.1. The van der Waals surface area contributed by atoms with Gasteiger partial charge >= 0.3 is 0 Å². The van der Waals surface area contributed by atoms with Crippen molar-refractivity contribution in [2.24, 2.45) is 5.92 Å². The van der Waals surface area contributed by atoms with E-state index in [0.717, 1.165) is 16.3 Å². The third kappa shape index (κ3) is 2.57. The first-order chi connectivity index (χ1) is 8.61. The highest BCUT2D eigenvalue weighted by Gasteiger charge is 2.19. The first-order valence-electron chi connectivity index (χ1n) is 5.73. The van der Waals surface area contributed by atoms with E-state index in [0.29, 0.717) is 0 Å². The fraction of sp³-hybridized carbons (Fsp3) is 0.286. The zero-order valence-corrected chi connectivity index (χ0v) is 11.0. The molecule has 1 aromatic carbocycles. The molecule has 2 aromatic rings. The summed E-state index contributed by atoms with van der Waals surface area (Å²) in [6, 6.07) is 8.61. The van der Waals surface area contributed by atoms with Crippen molar-refractivity contribution in [3.8, 4) is 17.3 Å². The van der Waals surface area contributed by atoms with E-state index in [1.807, 2.05) is 25.3 Å². The molecule has 0 saturated carbocycles. The Bertz CT molecular complexity index is 583. The van der Waals surface area contributed by atoms with Crippen molar-refractivity contribution in [3.05, 3.63) is 40.5 Å². The fourth-order valence-corrected chi connectivity index (χ4v) is 2.74. The van der Waals surface area contributed by atoms with Gasteiger partial charge in [0.1, 0.15) is 16.7 Å². The minimum absolute atomic E-state index is 0.197. The second-order valence-electron chi connectivity index (χ2n) is 4.43. The van der Waals surface area contributed by atoms with Gasteiger partial charge in [-0.3, -0.25) is 0 Å². The summed E-state index contributed by atoms with van der Waals surface area (Å²) in [5.41, 5.74) is 1.48. The standard InChI is InChI=1S/C14H13FN2S/c1-9(2)12(7-16)14-17-13(8-18-14)10-4-3-5-11(15)6-10/h3-6,8-9,12H,1-2H3. The Morgan fingerprint density at radius 1 is 1.39 bits per heavy atom. The van der Waals surface area contributed by atoms with Crippen LogP contribution in [0.2, 0.25) is 0 Å². The van der Waals surface area contributed by atoms with Gasteiger partial charge in [-0.1, -0.05) is 26.0 Å². The number of thiazole rings is 1. The summed E-state index contributed by atoms with van der Waals surface area (Å²) in [4.78, 5) is 4.44. The molecule has 1 unspecified atom stereocenters. The van der Waals surface area contributed by atoms with Crippen LogP contribution in [-0.2, 0) is 0 Å². The van der Waals surface area contributed by atoms with E-state index in [9.17, 15) is 4.39 Å². The van der Waals surface area contributed by atoms with Crippen LogP contribution < -0.4 is 0 Å². The van der Waals surface area contributed by atoms with Crippen molar-refractivity contribution in [3.63, 3.8) is 0 Å². The van der Waals surface area contributed by atoms with E-state index in [1.165, 1.54) is 23.5 Å². The van der Waals surface area contributed by atoms with Crippen LogP contribution >= 0.6 is 11.3 Å². The lowest BCUT2D eigenvalue weighted by Crippen LogP contribution is -2.03. The summed E-state index contributed by atoms with van der Waals surface area (Å²) in [7, 11) is 0. The number of benzene rings is 1. The van der Waals surface area contributed by atoms with Crippen molar-refractivity contribution in [2.75, 3.05) is 0 Å². The van der Waals surface area contributed by atoms with Crippen LogP contribution in [0, 0.1) is 23.1 Å². The Hall–Kier alpha value is -1.73. The molecule has 0 aliphatic rings. The van der Waals surface area contributed by atoms with E-state index in [2.05, 4.69) is 11.1 Å². The lowest BCUT2D eigenvalue weighted by atomic mass is 9.98. The van der Waals surface area contributed by atoms with Crippen LogP contribution in [0.1, 0.15) is 24.8 Å². The number of nitrogens with zero attached hydrogens (tertiary/aromatic N) is 2. The minimum Gasteiger partial charge on any atom is -0.240 e. The molecule has 2 nitrogen and oxygen atoms in total. The zero-order chi connectivity index (χ0) is 13.1. The molecule has 1 atom stereocenters. The highest BCUT2D eigenvalue weighted by atomic mass is 32.1. The number of halogens is 1. The minimum atomic E-state index is -0.275. The van der Waals surface area contributed by atoms with Gasteiger partial charge in [0, 0.05) is 10.9 Å². The van der Waals surface area contributed by atoms with E-state index in [-0.39, 0.29) is 17.7 Å². The fourth-order valence-electron chi connectivity index (χ4n) is 1.70. The van der Waals surface area contributed by atoms with Gasteiger partial charge in [-0.15, -0.1) is 11.3 Å². The van der Waals surface area contributed by atoms with Crippen molar-refractivity contribution < 1.29 is 4.39 Å². The van der Waals surface area contributed by atoms with Gasteiger partial charge in [0.2, 0.25) is 0 Å². The molecule has 0 N–H and O–H groups in total. The molecule has 0 saturated heterocycles. The molecule has 92 valence electrons. The van der Waals surface area contributed by atoms with Crippen molar-refractivity contribution in [1.82, 2.24) is 4.98 Å². The molecule has 1 aromatic heterocycles. The molecule has 1 heterocycles. The van der Waals surface area contributed by atoms with E-state index >= 15 is 0 Å². The second kappa shape index (κ2) is 5.28. The molecule has 0 radical (unpaired) electrons. The molecular formula is C14H13FN2S. The number of hydrogen-bond acceptors (Lipinski definition) is 3. The molecule has 0 bridgehead atoms. The maximum atomic E-state index is 13.1. The van der Waals surface area contributed by atoms with Gasteiger partial charge in [0.05, 0.1) is 11.8 Å². The molecule has 0 aliphatic carbocycles. The molecule has 0 amide bonds. The van der Waals surface area contributed by atoms with Crippen molar-refractivity contribution in [2.45, 2.75) is 19.8 Å². The molecule has 0 fully saturated rings. The first kappa shape index (κ1) is 12.7. The predicted molar refractivity (Wildman–Crippen MR) is 70.7 cm³/mol. The number of hydrogen-bond donors (Lipinski definition) is 0. The second-order valence-corrected chi connectivity index (χ2v) is 5.32. The van der Waals surface area contributed by atoms with E-state index < -0.39 is 0 Å². The van der Waals surface area contributed by atoms with Crippen molar-refractivity contribution >= 4 is 11.3 Å². The summed E-state index contributed by atoms with van der Waals surface area (Å²) < 4.78 is 13.1. The van der Waals surface area contributed by atoms with Gasteiger partial charge in [-0.2, -0.15) is 5.26 Å². The quantitative estimate of drug-likeness (QED) is 0.828. The summed E-state index contributed by atoms with van der Waals surface area (Å²) in [5, 5.41) is 11.8. The van der Waals surface area contributed by atoms with Crippen molar-refractivity contribution in [1.29, 1.82) is 5.26 Å². The first-order valence-corrected chi connectivity index (χ1v) is 6.60. The monoisotopic (exact) mass is 260 g/mol. The summed E-state index contributed by atoms with van der Waals surface area (Å²) >= 11 is 1.46. The zero-order valence-electron chi connectivity index (χ0n) is 10.2. The van der Waals surface area contributed by atoms with Crippen LogP contribution in [0.4, 0.5) is 4.39 Å². The smallest absolute Gasteiger partial charge is 0.123 e. The number of rotatable bonds is 3. The average molecular weight is 260 g/mol. The summed E-state index contributed by atoms with van der Waals surface area (Å²) in [6.45, 7) is 3.99. The van der Waals surface area contributed by atoms with Gasteiger partial charge in [0.25, 0.3) is 0 Å². The summed E-state index contributed by atoms with van der Waals surface area (Å²) in [6.07, 6.45) is 0. The highest BCUT2D eigenvalue weighted by Crippen LogP contribution is 2.30. The average Bonchev–Trinajstić information content (AvgIpc) is 2.79. The van der Waals surface area contributed by atoms with Crippen LogP contribution in [0.3, 0.4) is 0 Å². The van der Waals surface area contributed by atoms with Crippen LogP contribution in [-0.4, -0.2) is 4.98 Å². The Morgan fingerprint density at radius 2 is 2.17 bits per heavy atom. The normalized spacial score (nSPS) is 12.4. The Morgan fingerprint density at radius 3 is 2.78 bits per heavy atom. The Kier molecular flexibility index (Phi) is 3.73. The Labute approximate surface area is 110 Å². The van der Waals surface area contributed by atoms with Gasteiger partial charge in [-0.25, -0.2) is 9.37 Å². The number of nitriles is 1. The molecule has 18 heavy (non-hydrogen) atoms. The molecule has 0 spiro atoms. The largest absolute Gasteiger partial charge is 0.240 e. The molecule has 2 rings (SSSR count). The topological polar surface area (TPSA) is 36.7 Å². The van der Waals surface area contributed by atoms with Gasteiger partial charge < -0.3 is 0 Å². The van der Waals surface area contributed by atoms with E-state index in [4.69, 9.17) is 5.26 Å². The third-order valence-corrected chi connectivity index (χ3v) is 3.64. The molecule has 0 aliphatic heterocycles. The van der Waals surface area contributed by atoms with Crippen LogP contribution in [0.5, 0.6) is 0 Å². The highest BCUT2D eigenvalue weighted by molar-refractivity contribution is 7.10. The predicted octanol–water partition coefficient (Wildman–Crippen LogP) is 4.21. The molecule has 4 heteroatoms. The lowest BCUT2D eigenvalue weighted by molar-refractivity contribution is 0.585. The number of aromatic nitrogens is 1. The third-order valence-electron chi connectivity index (χ3n) is 2.71. The SMILES string of the molecule is CC(C)C(C#N)c1nc(-c2cccc(F)c2)cs1. The van der Waals surface area contributed by atoms with Crippen LogP contribution in [0.15, 0.2) is 29.6 Å². The van der Waals surface area contributed by atoms with Crippen LogP contribution in [0.25, 0.3) is 11.3 Å². The Balaban J connectivity index is 2.34. The lowest BCUT2D eigenvalue weighted by Gasteiger charge is -2.08. The molecular weight excluding hydrogens is 247 g/mol. The maximum Gasteiger partial charge on any atom is 0.123 e. The van der Waals surface area contributed by atoms with Gasteiger partial charge in [0.15, 0.2) is 0 Å². The van der Waals surface area contributed by atoms with E-state index in [1.54, 1.807) is 6.07 Å². The van der Waals surface area contributed by atoms with Gasteiger partial charge in [-0.05, 0) is 18.1 Å². The summed E-state index contributed by atoms with van der Waals surface area (Å²) in [5.74, 6) is -0.249.